The molecule has 0 aliphatic heterocycles. The monoisotopic (exact) mass is 337 g/mol. The van der Waals surface area contributed by atoms with E-state index in [0.29, 0.717) is 10.4 Å². The van der Waals surface area contributed by atoms with Gasteiger partial charge in [0.15, 0.2) is 6.61 Å². The van der Waals surface area contributed by atoms with Gasteiger partial charge < -0.3 is 4.74 Å². The Kier molecular flexibility index (Phi) is 3.86. The topological polar surface area (TPSA) is 56.3 Å². The molecule has 1 aromatic carbocycles. The lowest BCUT2D eigenvalue weighted by atomic mass is 10.0. The Morgan fingerprint density at radius 1 is 1.12 bits per heavy atom. The van der Waals surface area contributed by atoms with Gasteiger partial charge in [-0.2, -0.15) is 0 Å². The molecule has 4 nitrogen and oxygen atoms in total. The summed E-state index contributed by atoms with van der Waals surface area (Å²) in [5.41, 5.74) is 3.33. The van der Waals surface area contributed by atoms with Gasteiger partial charge in [0.05, 0.1) is 16.0 Å². The number of ether oxygens (including phenoxy) is 1. The number of pyridine rings is 1. The lowest BCUT2D eigenvalue weighted by Crippen LogP contribution is -2.15. The van der Waals surface area contributed by atoms with Crippen molar-refractivity contribution >= 4 is 34.0 Å². The Balaban J connectivity index is 1.66. The minimum atomic E-state index is -0.434. The summed E-state index contributed by atoms with van der Waals surface area (Å²) in [5.74, 6) is -0.606. The predicted molar refractivity (Wildman–Crippen MR) is 92.7 cm³/mol. The Bertz CT molecular complexity index is 931. The van der Waals surface area contributed by atoms with Gasteiger partial charge in [-0.15, -0.1) is 11.3 Å². The van der Waals surface area contributed by atoms with Gasteiger partial charge in [-0.3, -0.25) is 9.78 Å². The molecule has 0 fully saturated rings. The van der Waals surface area contributed by atoms with E-state index in [1.165, 1.54) is 11.3 Å². The largest absolute Gasteiger partial charge is 0.454 e. The number of thiophene rings is 1. The van der Waals surface area contributed by atoms with Crippen molar-refractivity contribution in [1.82, 2.24) is 4.98 Å². The first-order chi connectivity index (χ1) is 11.7. The lowest BCUT2D eigenvalue weighted by molar-refractivity contribution is 0.0476. The van der Waals surface area contributed by atoms with Gasteiger partial charge >= 0.3 is 5.97 Å². The first kappa shape index (κ1) is 15.0. The minimum absolute atomic E-state index is 0.173. The van der Waals surface area contributed by atoms with E-state index < -0.39 is 5.97 Å². The fraction of sp³-hybridized carbons (Fsp3) is 0.211. The molecule has 1 aliphatic carbocycles. The van der Waals surface area contributed by atoms with E-state index in [0.717, 1.165) is 41.4 Å². The fourth-order valence-electron chi connectivity index (χ4n) is 3.16. The first-order valence-electron chi connectivity index (χ1n) is 7.88. The number of aryl methyl sites for hydroxylation is 1. The van der Waals surface area contributed by atoms with E-state index in [2.05, 4.69) is 4.98 Å². The minimum Gasteiger partial charge on any atom is -0.454 e. The van der Waals surface area contributed by atoms with Crippen LogP contribution in [-0.4, -0.2) is 23.3 Å². The molecule has 4 rings (SSSR count). The van der Waals surface area contributed by atoms with Gasteiger partial charge in [-0.25, -0.2) is 4.79 Å². The van der Waals surface area contributed by atoms with Crippen LogP contribution in [-0.2, 0) is 17.6 Å². The van der Waals surface area contributed by atoms with E-state index >= 15 is 0 Å². The third-order valence-electron chi connectivity index (χ3n) is 4.25. The average Bonchev–Trinajstić information content (AvgIpc) is 3.28. The number of hydrogen-bond donors (Lipinski definition) is 0. The van der Waals surface area contributed by atoms with Crippen LogP contribution in [0, 0.1) is 0 Å². The van der Waals surface area contributed by atoms with Gasteiger partial charge in [-0.05, 0) is 42.3 Å². The second-order valence-corrected chi connectivity index (χ2v) is 6.71. The molecule has 0 radical (unpaired) electrons. The Morgan fingerprint density at radius 2 is 2.00 bits per heavy atom. The maximum atomic E-state index is 12.7. The summed E-state index contributed by atoms with van der Waals surface area (Å²) in [5, 5.41) is 2.63. The molecule has 0 N–H and O–H groups in total. The van der Waals surface area contributed by atoms with Gasteiger partial charge in [0, 0.05) is 11.1 Å². The highest BCUT2D eigenvalue weighted by molar-refractivity contribution is 7.12. The third-order valence-corrected chi connectivity index (χ3v) is 5.16. The van der Waals surface area contributed by atoms with Crippen molar-refractivity contribution in [1.29, 1.82) is 0 Å². The Morgan fingerprint density at radius 3 is 2.83 bits per heavy atom. The van der Waals surface area contributed by atoms with Crippen molar-refractivity contribution in [2.75, 3.05) is 6.61 Å². The van der Waals surface area contributed by atoms with Crippen molar-refractivity contribution in [3.8, 4) is 0 Å². The molecule has 0 spiro atoms. The quantitative estimate of drug-likeness (QED) is 0.536. The summed E-state index contributed by atoms with van der Waals surface area (Å²) in [6, 6.07) is 11.1. The summed E-state index contributed by atoms with van der Waals surface area (Å²) in [4.78, 5) is 30.0. The molecule has 0 bridgehead atoms. The fourth-order valence-corrected chi connectivity index (χ4v) is 3.81. The Hall–Kier alpha value is -2.53. The molecule has 2 heterocycles. The van der Waals surface area contributed by atoms with E-state index in [1.54, 1.807) is 6.07 Å². The Labute approximate surface area is 143 Å². The van der Waals surface area contributed by atoms with Crippen LogP contribution in [0.5, 0.6) is 0 Å². The molecule has 24 heavy (non-hydrogen) atoms. The lowest BCUT2D eigenvalue weighted by Gasteiger charge is -2.11. The number of para-hydroxylation sites is 1. The highest BCUT2D eigenvalue weighted by Crippen LogP contribution is 2.30. The summed E-state index contributed by atoms with van der Waals surface area (Å²) >= 11 is 1.35. The molecule has 2 aromatic heterocycles. The van der Waals surface area contributed by atoms with Gasteiger partial charge in [0.2, 0.25) is 5.78 Å². The van der Waals surface area contributed by atoms with Crippen molar-refractivity contribution < 1.29 is 14.3 Å². The molecular formula is C19H15NO3S. The number of benzene rings is 1. The van der Waals surface area contributed by atoms with Crippen molar-refractivity contribution in [3.63, 3.8) is 0 Å². The number of fused-ring (bicyclic) bond motifs is 2. The number of ketones is 1. The summed E-state index contributed by atoms with van der Waals surface area (Å²) in [6.45, 7) is -0.231. The van der Waals surface area contributed by atoms with Gasteiger partial charge in [0.25, 0.3) is 0 Å². The number of carbonyl (C=O) groups is 2. The highest BCUT2D eigenvalue weighted by atomic mass is 32.1. The average molecular weight is 337 g/mol. The number of carbonyl (C=O) groups excluding carboxylic acids is 2. The second-order valence-electron chi connectivity index (χ2n) is 5.76. The first-order valence-corrected chi connectivity index (χ1v) is 8.76. The van der Waals surface area contributed by atoms with E-state index in [9.17, 15) is 9.59 Å². The molecule has 0 saturated heterocycles. The molecule has 0 saturated carbocycles. The third kappa shape index (κ3) is 2.61. The SMILES string of the molecule is O=C(COC(=O)c1c2c(nc3ccccc13)CCC2)c1cccs1. The summed E-state index contributed by atoms with van der Waals surface area (Å²) in [7, 11) is 0. The molecular weight excluding hydrogens is 322 g/mol. The number of hydrogen-bond acceptors (Lipinski definition) is 5. The molecule has 1 aliphatic rings. The predicted octanol–water partition coefficient (Wildman–Crippen LogP) is 3.82. The number of esters is 1. The second kappa shape index (κ2) is 6.17. The number of nitrogens with zero attached hydrogens (tertiary/aromatic N) is 1. The van der Waals surface area contributed by atoms with E-state index in [-0.39, 0.29) is 12.4 Å². The maximum absolute atomic E-state index is 12.7. The number of rotatable bonds is 4. The van der Waals surface area contributed by atoms with Crippen LogP contribution in [0.25, 0.3) is 10.9 Å². The van der Waals surface area contributed by atoms with Crippen LogP contribution in [0.1, 0.15) is 37.7 Å². The van der Waals surface area contributed by atoms with Crippen LogP contribution in [0.3, 0.4) is 0 Å². The van der Waals surface area contributed by atoms with Crippen molar-refractivity contribution in [2.24, 2.45) is 0 Å². The standard InChI is InChI=1S/C19H15NO3S/c21-16(17-9-4-10-24-17)11-23-19(22)18-12-5-1-2-7-14(12)20-15-8-3-6-13(15)18/h1-2,4-5,7,9-10H,3,6,8,11H2. The van der Waals surface area contributed by atoms with Gasteiger partial charge in [0.1, 0.15) is 0 Å². The molecule has 3 aromatic rings. The number of Topliss-reactive ketones (excluding diaryl/α,β-unsaturated/α-hetero) is 1. The zero-order valence-electron chi connectivity index (χ0n) is 13.0. The summed E-state index contributed by atoms with van der Waals surface area (Å²) < 4.78 is 5.34. The van der Waals surface area contributed by atoms with Crippen LogP contribution in [0.2, 0.25) is 0 Å². The summed E-state index contributed by atoms with van der Waals surface area (Å²) in [6.07, 6.45) is 2.71. The van der Waals surface area contributed by atoms with Crippen molar-refractivity contribution in [2.45, 2.75) is 19.3 Å². The molecule has 120 valence electrons. The molecule has 5 heteroatoms. The number of aromatic nitrogens is 1. The van der Waals surface area contributed by atoms with Crippen LogP contribution >= 0.6 is 11.3 Å². The highest BCUT2D eigenvalue weighted by Gasteiger charge is 2.25. The van der Waals surface area contributed by atoms with Crippen molar-refractivity contribution in [3.05, 3.63) is 63.5 Å². The smallest absolute Gasteiger partial charge is 0.339 e. The molecule has 0 atom stereocenters. The molecule has 0 amide bonds. The van der Waals surface area contributed by atoms with Crippen LogP contribution in [0.4, 0.5) is 0 Å². The molecule has 0 unspecified atom stereocenters. The van der Waals surface area contributed by atoms with Crippen LogP contribution < -0.4 is 0 Å². The normalized spacial score (nSPS) is 13.0. The zero-order chi connectivity index (χ0) is 16.5. The van der Waals surface area contributed by atoms with Crippen LogP contribution in [0.15, 0.2) is 41.8 Å². The van der Waals surface area contributed by atoms with E-state index in [1.807, 2.05) is 35.7 Å². The van der Waals surface area contributed by atoms with Gasteiger partial charge in [-0.1, -0.05) is 24.3 Å². The van der Waals surface area contributed by atoms with E-state index in [4.69, 9.17) is 4.74 Å². The zero-order valence-corrected chi connectivity index (χ0v) is 13.8. The maximum Gasteiger partial charge on any atom is 0.339 e.